The van der Waals surface area contributed by atoms with E-state index in [0.29, 0.717) is 11.3 Å². The van der Waals surface area contributed by atoms with Gasteiger partial charge in [0.05, 0.1) is 7.11 Å². The summed E-state index contributed by atoms with van der Waals surface area (Å²) in [7, 11) is 1.57. The number of carbonyl (C=O) groups excluding carboxylic acids is 1. The number of amides is 1. The van der Waals surface area contributed by atoms with E-state index in [4.69, 9.17) is 14.3 Å². The number of aliphatic hydroxyl groups is 1. The number of furan rings is 1. The molecule has 2 N–H and O–H groups in total. The van der Waals surface area contributed by atoms with Gasteiger partial charge in [0.1, 0.15) is 0 Å². The van der Waals surface area contributed by atoms with Crippen molar-refractivity contribution in [3.05, 3.63) is 29.5 Å². The van der Waals surface area contributed by atoms with E-state index in [-0.39, 0.29) is 30.2 Å². The van der Waals surface area contributed by atoms with Gasteiger partial charge in [0.2, 0.25) is 0 Å². The first-order valence-corrected chi connectivity index (χ1v) is 6.97. The number of methoxy groups -OCH3 is 1. The molecule has 1 heterocycles. The van der Waals surface area contributed by atoms with Gasteiger partial charge < -0.3 is 19.6 Å². The van der Waals surface area contributed by atoms with Crippen molar-refractivity contribution in [2.24, 2.45) is 5.92 Å². The summed E-state index contributed by atoms with van der Waals surface area (Å²) in [4.78, 5) is 12.3. The van der Waals surface area contributed by atoms with E-state index in [9.17, 15) is 4.79 Å². The highest BCUT2D eigenvalue weighted by Crippen LogP contribution is 2.32. The Morgan fingerprint density at radius 3 is 2.76 bits per heavy atom. The molecule has 0 radical (unpaired) electrons. The number of hydrogen-bond donors (Lipinski definition) is 2. The molecule has 1 aromatic heterocycles. The first-order chi connectivity index (χ1) is 9.99. The molecule has 0 aliphatic heterocycles. The molecule has 1 aromatic carbocycles. The molecule has 5 heteroatoms. The SMILES string of the molecule is COc1cccc2c(C)c(C(=O)NC(C)C(C)CO)oc12. The highest BCUT2D eigenvalue weighted by Gasteiger charge is 2.22. The minimum Gasteiger partial charge on any atom is -0.493 e. The smallest absolute Gasteiger partial charge is 0.287 e. The van der Waals surface area contributed by atoms with Crippen LogP contribution in [0.3, 0.4) is 0 Å². The van der Waals surface area contributed by atoms with E-state index in [1.165, 1.54) is 0 Å². The summed E-state index contributed by atoms with van der Waals surface area (Å²) in [5.41, 5.74) is 1.36. The summed E-state index contributed by atoms with van der Waals surface area (Å²) in [6.07, 6.45) is 0. The van der Waals surface area contributed by atoms with Crippen molar-refractivity contribution in [2.45, 2.75) is 26.8 Å². The van der Waals surface area contributed by atoms with E-state index in [0.717, 1.165) is 10.9 Å². The fourth-order valence-corrected chi connectivity index (χ4v) is 2.17. The van der Waals surface area contributed by atoms with Crippen LogP contribution in [0.15, 0.2) is 22.6 Å². The van der Waals surface area contributed by atoms with Crippen LogP contribution in [0.5, 0.6) is 5.75 Å². The van der Waals surface area contributed by atoms with E-state index in [1.54, 1.807) is 13.2 Å². The van der Waals surface area contributed by atoms with E-state index < -0.39 is 0 Å². The van der Waals surface area contributed by atoms with Crippen LogP contribution in [-0.2, 0) is 0 Å². The van der Waals surface area contributed by atoms with Gasteiger partial charge in [-0.3, -0.25) is 4.79 Å². The van der Waals surface area contributed by atoms with Gasteiger partial charge in [-0.05, 0) is 25.8 Å². The Bertz CT molecular complexity index is 647. The molecule has 0 saturated heterocycles. The average molecular weight is 291 g/mol. The van der Waals surface area contributed by atoms with Crippen molar-refractivity contribution in [3.63, 3.8) is 0 Å². The zero-order valence-corrected chi connectivity index (χ0v) is 12.8. The van der Waals surface area contributed by atoms with Crippen LogP contribution >= 0.6 is 0 Å². The van der Waals surface area contributed by atoms with E-state index in [2.05, 4.69) is 5.32 Å². The molecular weight excluding hydrogens is 270 g/mol. The Morgan fingerprint density at radius 2 is 2.14 bits per heavy atom. The molecule has 0 fully saturated rings. The summed E-state index contributed by atoms with van der Waals surface area (Å²) < 4.78 is 11.0. The van der Waals surface area contributed by atoms with Crippen molar-refractivity contribution in [1.82, 2.24) is 5.32 Å². The van der Waals surface area contributed by atoms with Gasteiger partial charge in [-0.1, -0.05) is 19.1 Å². The molecular formula is C16H21NO4. The fourth-order valence-electron chi connectivity index (χ4n) is 2.17. The Hall–Kier alpha value is -2.01. The minimum absolute atomic E-state index is 0.0202. The predicted octanol–water partition coefficient (Wildman–Crippen LogP) is 2.50. The van der Waals surface area contributed by atoms with Crippen LogP contribution in [0.25, 0.3) is 11.0 Å². The lowest BCUT2D eigenvalue weighted by Crippen LogP contribution is -2.38. The molecule has 0 aliphatic carbocycles. The third-order valence-corrected chi connectivity index (χ3v) is 3.85. The molecule has 0 spiro atoms. The lowest BCUT2D eigenvalue weighted by atomic mass is 10.0. The predicted molar refractivity (Wildman–Crippen MR) is 80.7 cm³/mol. The summed E-state index contributed by atoms with van der Waals surface area (Å²) in [6.45, 7) is 5.60. The topological polar surface area (TPSA) is 71.7 Å². The third-order valence-electron chi connectivity index (χ3n) is 3.85. The maximum absolute atomic E-state index is 12.3. The maximum atomic E-state index is 12.3. The Morgan fingerprint density at radius 1 is 1.43 bits per heavy atom. The van der Waals surface area contributed by atoms with Crippen molar-refractivity contribution in [2.75, 3.05) is 13.7 Å². The number of carbonyl (C=O) groups is 1. The molecule has 2 rings (SSSR count). The van der Waals surface area contributed by atoms with Crippen molar-refractivity contribution in [3.8, 4) is 5.75 Å². The maximum Gasteiger partial charge on any atom is 0.287 e. The number of hydrogen-bond acceptors (Lipinski definition) is 4. The second-order valence-corrected chi connectivity index (χ2v) is 5.32. The minimum atomic E-state index is -0.279. The Labute approximate surface area is 123 Å². The molecule has 0 saturated carbocycles. The van der Waals surface area contributed by atoms with Crippen molar-refractivity contribution >= 4 is 16.9 Å². The van der Waals surface area contributed by atoms with Crippen LogP contribution in [0, 0.1) is 12.8 Å². The third kappa shape index (κ3) is 2.88. The zero-order valence-electron chi connectivity index (χ0n) is 12.8. The van der Waals surface area contributed by atoms with Crippen molar-refractivity contribution in [1.29, 1.82) is 0 Å². The van der Waals surface area contributed by atoms with Gasteiger partial charge >= 0.3 is 0 Å². The molecule has 2 unspecified atom stereocenters. The van der Waals surface area contributed by atoms with Crippen molar-refractivity contribution < 1.29 is 19.1 Å². The van der Waals surface area contributed by atoms with Crippen LogP contribution < -0.4 is 10.1 Å². The van der Waals surface area contributed by atoms with Gasteiger partial charge in [-0.25, -0.2) is 0 Å². The van der Waals surface area contributed by atoms with Gasteiger partial charge in [0.25, 0.3) is 5.91 Å². The van der Waals surface area contributed by atoms with Gasteiger partial charge in [0.15, 0.2) is 17.1 Å². The largest absolute Gasteiger partial charge is 0.493 e. The monoisotopic (exact) mass is 291 g/mol. The summed E-state index contributed by atoms with van der Waals surface area (Å²) in [5, 5.41) is 12.9. The molecule has 21 heavy (non-hydrogen) atoms. The van der Waals surface area contributed by atoms with Gasteiger partial charge in [-0.15, -0.1) is 0 Å². The summed E-state index contributed by atoms with van der Waals surface area (Å²) in [6, 6.07) is 5.41. The standard InChI is InChI=1S/C16H21NO4/c1-9(8-18)11(3)17-16(19)14-10(2)12-6-5-7-13(20-4)15(12)21-14/h5-7,9,11,18H,8H2,1-4H3,(H,17,19). The number of para-hydroxylation sites is 1. The normalized spacial score (nSPS) is 14.0. The first kappa shape index (κ1) is 15.4. The summed E-state index contributed by atoms with van der Waals surface area (Å²) >= 11 is 0. The zero-order chi connectivity index (χ0) is 15.6. The van der Waals surface area contributed by atoms with Gasteiger partial charge in [-0.2, -0.15) is 0 Å². The lowest BCUT2D eigenvalue weighted by Gasteiger charge is -2.18. The van der Waals surface area contributed by atoms with Crippen LogP contribution in [0.1, 0.15) is 30.0 Å². The fraction of sp³-hybridized carbons (Fsp3) is 0.438. The van der Waals surface area contributed by atoms with Gasteiger partial charge in [0, 0.05) is 23.6 Å². The molecule has 0 aliphatic rings. The summed E-state index contributed by atoms with van der Waals surface area (Å²) in [5.74, 6) is 0.588. The number of aryl methyl sites for hydroxylation is 1. The number of aliphatic hydroxyl groups excluding tert-OH is 1. The lowest BCUT2D eigenvalue weighted by molar-refractivity contribution is 0.0889. The highest BCUT2D eigenvalue weighted by atomic mass is 16.5. The van der Waals surface area contributed by atoms with Crippen LogP contribution in [0.2, 0.25) is 0 Å². The molecule has 114 valence electrons. The molecule has 2 aromatic rings. The molecule has 2 atom stereocenters. The Balaban J connectivity index is 2.34. The molecule has 0 bridgehead atoms. The highest BCUT2D eigenvalue weighted by molar-refractivity contribution is 6.00. The number of benzene rings is 1. The number of rotatable bonds is 5. The average Bonchev–Trinajstić information content (AvgIpc) is 2.83. The quantitative estimate of drug-likeness (QED) is 0.888. The number of nitrogens with one attached hydrogen (secondary N) is 1. The van der Waals surface area contributed by atoms with Crippen LogP contribution in [-0.4, -0.2) is 30.8 Å². The van der Waals surface area contributed by atoms with E-state index in [1.807, 2.05) is 32.9 Å². The second kappa shape index (κ2) is 6.18. The molecule has 1 amide bonds. The number of ether oxygens (including phenoxy) is 1. The second-order valence-electron chi connectivity index (χ2n) is 5.32. The number of fused-ring (bicyclic) bond motifs is 1. The Kier molecular flexibility index (Phi) is 4.53. The molecule has 5 nitrogen and oxygen atoms in total. The first-order valence-electron chi connectivity index (χ1n) is 6.97. The van der Waals surface area contributed by atoms with E-state index >= 15 is 0 Å². The van der Waals surface area contributed by atoms with Crippen LogP contribution in [0.4, 0.5) is 0 Å².